The number of pyridine rings is 1. The summed E-state index contributed by atoms with van der Waals surface area (Å²) in [4.78, 5) is 13.7. The molecule has 0 radical (unpaired) electrons. The number of nitrogens with zero attached hydrogens (tertiary/aromatic N) is 5. The molecule has 7 nitrogen and oxygen atoms in total. The van der Waals surface area contributed by atoms with Gasteiger partial charge in [0.05, 0.1) is 23.7 Å². The molecule has 1 N–H and O–H groups in total. The van der Waals surface area contributed by atoms with Gasteiger partial charge in [0.1, 0.15) is 12.9 Å². The summed E-state index contributed by atoms with van der Waals surface area (Å²) in [5.74, 6) is 0.833. The number of benzene rings is 1. The second-order valence-corrected chi connectivity index (χ2v) is 5.86. The second kappa shape index (κ2) is 9.98. The van der Waals surface area contributed by atoms with E-state index in [9.17, 15) is 0 Å². The smallest absolute Gasteiger partial charge is 0.166 e. The maximum Gasteiger partial charge on any atom is 0.166 e. The van der Waals surface area contributed by atoms with E-state index in [0.29, 0.717) is 12.2 Å². The van der Waals surface area contributed by atoms with Gasteiger partial charge >= 0.3 is 0 Å². The van der Waals surface area contributed by atoms with E-state index >= 15 is 0 Å². The van der Waals surface area contributed by atoms with Crippen molar-refractivity contribution < 1.29 is 4.84 Å². The van der Waals surface area contributed by atoms with Crippen molar-refractivity contribution in [3.63, 3.8) is 0 Å². The Hall–Kier alpha value is -3.74. The largest absolute Gasteiger partial charge is 0.399 e. The summed E-state index contributed by atoms with van der Waals surface area (Å²) in [7, 11) is 1.51. The van der Waals surface area contributed by atoms with Gasteiger partial charge in [-0.2, -0.15) is 9.61 Å². The van der Waals surface area contributed by atoms with Gasteiger partial charge in [-0.05, 0) is 11.6 Å². The number of fused-ring (bicyclic) bond motifs is 1. The zero-order chi connectivity index (χ0) is 20.5. The molecule has 1 aromatic carbocycles. The van der Waals surface area contributed by atoms with Gasteiger partial charge in [0, 0.05) is 30.6 Å². The Morgan fingerprint density at radius 2 is 1.93 bits per heavy atom. The molecule has 0 amide bonds. The summed E-state index contributed by atoms with van der Waals surface area (Å²) in [6, 6.07) is 16.0. The fraction of sp³-hybridized carbons (Fsp3) is 0.182. The van der Waals surface area contributed by atoms with Crippen LogP contribution < -0.4 is 5.32 Å². The number of hydrogen-bond acceptors (Lipinski definition) is 6. The van der Waals surface area contributed by atoms with E-state index in [4.69, 9.17) is 9.82 Å². The second-order valence-electron chi connectivity index (χ2n) is 5.86. The van der Waals surface area contributed by atoms with Crippen LogP contribution in [0.2, 0.25) is 0 Å². The lowest BCUT2D eigenvalue weighted by molar-refractivity contribution is 0.215. The average molecular weight is 388 g/mol. The lowest BCUT2D eigenvalue weighted by atomic mass is 10.1. The third-order valence-corrected chi connectivity index (χ3v) is 4.06. The first kappa shape index (κ1) is 20.0. The van der Waals surface area contributed by atoms with Crippen LogP contribution in [0.4, 0.5) is 5.82 Å². The Balaban J connectivity index is 0.00000117. The van der Waals surface area contributed by atoms with Crippen LogP contribution in [0.25, 0.3) is 16.9 Å². The maximum atomic E-state index is 4.80. The van der Waals surface area contributed by atoms with E-state index < -0.39 is 0 Å². The van der Waals surface area contributed by atoms with E-state index in [1.165, 1.54) is 7.11 Å². The predicted octanol–water partition coefficient (Wildman–Crippen LogP) is 4.41. The summed E-state index contributed by atoms with van der Waals surface area (Å²) < 4.78 is 1.76. The molecule has 0 unspecified atom stereocenters. The zero-order valence-electron chi connectivity index (χ0n) is 16.8. The molecule has 0 aliphatic rings. The van der Waals surface area contributed by atoms with Crippen LogP contribution in [-0.2, 0) is 11.4 Å². The Kier molecular flexibility index (Phi) is 6.89. The van der Waals surface area contributed by atoms with Crippen molar-refractivity contribution in [2.75, 3.05) is 12.4 Å². The first-order valence-corrected chi connectivity index (χ1v) is 9.48. The van der Waals surface area contributed by atoms with Crippen LogP contribution in [0.3, 0.4) is 0 Å². The maximum absolute atomic E-state index is 4.80. The Labute approximate surface area is 170 Å². The van der Waals surface area contributed by atoms with E-state index in [1.807, 2.05) is 68.6 Å². The van der Waals surface area contributed by atoms with Gasteiger partial charge < -0.3 is 10.2 Å². The number of aromatic nitrogens is 4. The molecule has 0 aliphatic carbocycles. The van der Waals surface area contributed by atoms with Crippen molar-refractivity contribution in [3.8, 4) is 11.3 Å². The van der Waals surface area contributed by atoms with Crippen molar-refractivity contribution in [3.05, 3.63) is 78.2 Å². The Bertz CT molecular complexity index is 1060. The molecule has 148 valence electrons. The fourth-order valence-corrected chi connectivity index (χ4v) is 2.76. The highest BCUT2D eigenvalue weighted by molar-refractivity contribution is 5.88. The first-order chi connectivity index (χ1) is 14.3. The van der Waals surface area contributed by atoms with Crippen LogP contribution >= 0.6 is 0 Å². The van der Waals surface area contributed by atoms with E-state index in [2.05, 4.69) is 20.6 Å². The molecule has 0 saturated heterocycles. The number of hydrogen-bond donors (Lipinski definition) is 1. The minimum Gasteiger partial charge on any atom is -0.399 e. The molecule has 29 heavy (non-hydrogen) atoms. The highest BCUT2D eigenvalue weighted by atomic mass is 16.6. The molecule has 3 heterocycles. The van der Waals surface area contributed by atoms with Gasteiger partial charge in [0.25, 0.3) is 0 Å². The van der Waals surface area contributed by atoms with Crippen molar-refractivity contribution in [1.29, 1.82) is 0 Å². The zero-order valence-corrected chi connectivity index (χ0v) is 16.8. The third-order valence-electron chi connectivity index (χ3n) is 4.06. The molecule has 0 aliphatic heterocycles. The van der Waals surface area contributed by atoms with Crippen LogP contribution in [0.1, 0.15) is 25.0 Å². The minimum absolute atomic E-state index is 0.628. The molecular formula is C22H24N6O. The third kappa shape index (κ3) is 4.76. The Morgan fingerprint density at radius 1 is 1.10 bits per heavy atom. The van der Waals surface area contributed by atoms with Crippen molar-refractivity contribution in [2.24, 2.45) is 5.16 Å². The molecule has 4 rings (SSSR count). The van der Waals surface area contributed by atoms with Crippen molar-refractivity contribution in [1.82, 2.24) is 19.6 Å². The van der Waals surface area contributed by atoms with E-state index in [1.54, 1.807) is 23.1 Å². The lowest BCUT2D eigenvalue weighted by Crippen LogP contribution is -2.07. The summed E-state index contributed by atoms with van der Waals surface area (Å²) >= 11 is 0. The number of rotatable bonds is 6. The van der Waals surface area contributed by atoms with Gasteiger partial charge in [-0.1, -0.05) is 55.4 Å². The highest BCUT2D eigenvalue weighted by Crippen LogP contribution is 2.23. The number of nitrogens with one attached hydrogen (secondary N) is 1. The SMILES string of the molecule is CC.CO/N=C/c1cnn2c(NCc3cccnc3)cc(-c3ccccc3)nc12. The standard InChI is InChI=1S/C20H18N6O.C2H6/c1-27-24-14-17-13-23-26-19(22-12-15-6-5-9-21-11-15)10-18(25-20(17)26)16-7-3-2-4-8-16;1-2/h2-11,13-14,22H,12H2,1H3;1-2H3/b24-14+;. The van der Waals surface area contributed by atoms with Gasteiger partial charge in [-0.3, -0.25) is 4.98 Å². The van der Waals surface area contributed by atoms with Gasteiger partial charge in [-0.25, -0.2) is 4.98 Å². The fourth-order valence-electron chi connectivity index (χ4n) is 2.76. The molecular weight excluding hydrogens is 364 g/mol. The molecule has 0 fully saturated rings. The normalized spacial score (nSPS) is 10.6. The van der Waals surface area contributed by atoms with Crippen LogP contribution in [0.15, 0.2) is 72.3 Å². The monoisotopic (exact) mass is 388 g/mol. The molecule has 7 heteroatoms. The summed E-state index contributed by atoms with van der Waals surface area (Å²) in [5.41, 5.74) is 4.44. The molecule has 4 aromatic rings. The van der Waals surface area contributed by atoms with Gasteiger partial charge in [0.15, 0.2) is 5.65 Å². The first-order valence-electron chi connectivity index (χ1n) is 9.48. The molecule has 0 bridgehead atoms. The number of oxime groups is 1. The Morgan fingerprint density at radius 3 is 2.66 bits per heavy atom. The minimum atomic E-state index is 0.628. The number of anilines is 1. The van der Waals surface area contributed by atoms with Gasteiger partial charge in [-0.15, -0.1) is 0 Å². The summed E-state index contributed by atoms with van der Waals surface area (Å²) in [6.07, 6.45) is 6.92. The summed E-state index contributed by atoms with van der Waals surface area (Å²) in [5, 5.41) is 11.7. The molecule has 3 aromatic heterocycles. The van der Waals surface area contributed by atoms with Crippen molar-refractivity contribution >= 4 is 17.7 Å². The molecule has 0 atom stereocenters. The van der Waals surface area contributed by atoms with E-state index in [0.717, 1.165) is 28.2 Å². The van der Waals surface area contributed by atoms with Gasteiger partial charge in [0.2, 0.25) is 0 Å². The van der Waals surface area contributed by atoms with Crippen LogP contribution in [0.5, 0.6) is 0 Å². The molecule has 0 spiro atoms. The average Bonchev–Trinajstić information content (AvgIpc) is 3.21. The predicted molar refractivity (Wildman–Crippen MR) is 116 cm³/mol. The van der Waals surface area contributed by atoms with Crippen LogP contribution in [-0.4, -0.2) is 32.9 Å². The topological polar surface area (TPSA) is 76.7 Å². The summed E-state index contributed by atoms with van der Waals surface area (Å²) in [6.45, 7) is 4.63. The highest BCUT2D eigenvalue weighted by Gasteiger charge is 2.12. The quantitative estimate of drug-likeness (QED) is 0.391. The molecule has 0 saturated carbocycles. The van der Waals surface area contributed by atoms with Crippen molar-refractivity contribution in [2.45, 2.75) is 20.4 Å². The van der Waals surface area contributed by atoms with Crippen LogP contribution in [0, 0.1) is 0 Å². The van der Waals surface area contributed by atoms with E-state index in [-0.39, 0.29) is 0 Å². The lowest BCUT2D eigenvalue weighted by Gasteiger charge is -2.11.